The molecule has 1 amide bonds. The largest absolute Gasteiger partial charge is 0.497 e. The Labute approximate surface area is 200 Å². The number of methoxy groups -OCH3 is 1. The van der Waals surface area contributed by atoms with E-state index in [9.17, 15) is 13.2 Å². The number of hydrogen-bond acceptors (Lipinski definition) is 4. The first-order valence-electron chi connectivity index (χ1n) is 10.4. The van der Waals surface area contributed by atoms with E-state index in [0.29, 0.717) is 23.0 Å². The molecule has 2 rings (SSSR count). The van der Waals surface area contributed by atoms with Crippen LogP contribution in [0.15, 0.2) is 42.5 Å². The maximum Gasteiger partial charge on any atom is 0.232 e. The van der Waals surface area contributed by atoms with Gasteiger partial charge in [0.1, 0.15) is 5.75 Å². The molecule has 0 radical (unpaired) electrons. The van der Waals surface area contributed by atoms with E-state index in [1.807, 2.05) is 24.3 Å². The molecule has 0 fully saturated rings. The molecule has 9 heteroatoms. The lowest BCUT2D eigenvalue weighted by Crippen LogP contribution is -2.33. The Hall–Kier alpha value is -1.96. The van der Waals surface area contributed by atoms with Gasteiger partial charge in [-0.2, -0.15) is 0 Å². The Morgan fingerprint density at radius 3 is 2.34 bits per heavy atom. The van der Waals surface area contributed by atoms with Crippen LogP contribution in [0, 0.1) is 5.92 Å². The molecule has 0 unspecified atom stereocenters. The van der Waals surface area contributed by atoms with Gasteiger partial charge in [0.15, 0.2) is 0 Å². The third-order valence-corrected chi connectivity index (χ3v) is 6.64. The molecule has 1 atom stereocenters. The number of amides is 1. The maximum atomic E-state index is 12.7. The van der Waals surface area contributed by atoms with Crippen molar-refractivity contribution >= 4 is 44.8 Å². The van der Waals surface area contributed by atoms with Gasteiger partial charge >= 0.3 is 0 Å². The first-order valence-corrected chi connectivity index (χ1v) is 13.0. The fourth-order valence-corrected chi connectivity index (χ4v) is 4.78. The second kappa shape index (κ2) is 11.8. The lowest BCUT2D eigenvalue weighted by Gasteiger charge is -2.24. The normalized spacial score (nSPS) is 12.5. The van der Waals surface area contributed by atoms with Crippen LogP contribution in [0.2, 0.25) is 10.0 Å². The maximum absolute atomic E-state index is 12.7. The molecular weight excluding hydrogens is 471 g/mol. The molecule has 176 valence electrons. The van der Waals surface area contributed by atoms with Crippen LogP contribution < -0.4 is 14.4 Å². The fraction of sp³-hybridized carbons (Fsp3) is 0.435. The van der Waals surface area contributed by atoms with Gasteiger partial charge in [-0.3, -0.25) is 9.10 Å². The molecule has 32 heavy (non-hydrogen) atoms. The first kappa shape index (κ1) is 26.3. The highest BCUT2D eigenvalue weighted by molar-refractivity contribution is 7.92. The molecular formula is C23H30Cl2N2O4S. The predicted octanol–water partition coefficient (Wildman–Crippen LogP) is 5.45. The van der Waals surface area contributed by atoms with Gasteiger partial charge in [-0.15, -0.1) is 0 Å². The van der Waals surface area contributed by atoms with Crippen LogP contribution in [0.5, 0.6) is 5.75 Å². The zero-order chi connectivity index (χ0) is 23.9. The van der Waals surface area contributed by atoms with Crippen LogP contribution in [0.1, 0.15) is 44.7 Å². The molecule has 2 aromatic carbocycles. The molecule has 1 N–H and O–H groups in total. The predicted molar refractivity (Wildman–Crippen MR) is 131 cm³/mol. The Morgan fingerprint density at radius 1 is 1.12 bits per heavy atom. The number of anilines is 1. The van der Waals surface area contributed by atoms with Gasteiger partial charge in [-0.1, -0.05) is 49.2 Å². The van der Waals surface area contributed by atoms with Gasteiger partial charge in [0.25, 0.3) is 0 Å². The first-order chi connectivity index (χ1) is 15.0. The lowest BCUT2D eigenvalue weighted by atomic mass is 9.96. The number of carbonyl (C=O) groups excluding carboxylic acids is 1. The summed E-state index contributed by atoms with van der Waals surface area (Å²) < 4.78 is 31.0. The zero-order valence-electron chi connectivity index (χ0n) is 18.8. The Kier molecular flexibility index (Phi) is 9.67. The molecule has 0 spiro atoms. The lowest BCUT2D eigenvalue weighted by molar-refractivity contribution is -0.122. The van der Waals surface area contributed by atoms with Crippen molar-refractivity contribution in [3.63, 3.8) is 0 Å². The van der Waals surface area contributed by atoms with Crippen molar-refractivity contribution < 1.29 is 17.9 Å². The van der Waals surface area contributed by atoms with E-state index in [1.165, 1.54) is 10.4 Å². The number of halogens is 2. The smallest absolute Gasteiger partial charge is 0.232 e. The molecule has 0 saturated carbocycles. The van der Waals surface area contributed by atoms with Crippen molar-refractivity contribution in [1.82, 2.24) is 5.32 Å². The minimum Gasteiger partial charge on any atom is -0.497 e. The van der Waals surface area contributed by atoms with E-state index in [-0.39, 0.29) is 29.9 Å². The fourth-order valence-electron chi connectivity index (χ4n) is 3.38. The quantitative estimate of drug-likeness (QED) is 0.444. The Bertz CT molecular complexity index is 1010. The third-order valence-electron chi connectivity index (χ3n) is 4.90. The van der Waals surface area contributed by atoms with E-state index in [2.05, 4.69) is 19.2 Å². The van der Waals surface area contributed by atoms with Gasteiger partial charge in [0.2, 0.25) is 15.9 Å². The van der Waals surface area contributed by atoms with Gasteiger partial charge in [-0.25, -0.2) is 8.42 Å². The molecule has 0 aromatic heterocycles. The van der Waals surface area contributed by atoms with E-state index in [1.54, 1.807) is 19.2 Å². The van der Waals surface area contributed by atoms with Crippen LogP contribution in [-0.2, 0) is 14.8 Å². The van der Waals surface area contributed by atoms with Crippen LogP contribution in [0.4, 0.5) is 5.69 Å². The standard InChI is InChI=1S/C23H30Cl2N2O4S/c1-16(2)14-21(17-7-10-19(31-3)11-8-17)26-23(28)6-5-13-27(32(4,29)30)22-15-18(24)9-12-20(22)25/h7-12,15-16,21H,5-6,13-14H2,1-4H3,(H,26,28)/t21-/m0/s1. The van der Waals surface area contributed by atoms with Gasteiger partial charge in [-0.05, 0) is 54.7 Å². The number of hydrogen-bond donors (Lipinski definition) is 1. The number of ether oxygens (including phenoxy) is 1. The highest BCUT2D eigenvalue weighted by atomic mass is 35.5. The SMILES string of the molecule is COc1ccc([C@H](CC(C)C)NC(=O)CCCN(c2cc(Cl)ccc2Cl)S(C)(=O)=O)cc1. The van der Waals surface area contributed by atoms with Crippen molar-refractivity contribution in [2.24, 2.45) is 5.92 Å². The topological polar surface area (TPSA) is 75.7 Å². The van der Waals surface area contributed by atoms with E-state index in [0.717, 1.165) is 24.0 Å². The van der Waals surface area contributed by atoms with Crippen LogP contribution in [-0.4, -0.2) is 34.2 Å². The number of rotatable bonds is 11. The molecule has 2 aromatic rings. The Balaban J connectivity index is 2.05. The monoisotopic (exact) mass is 500 g/mol. The summed E-state index contributed by atoms with van der Waals surface area (Å²) in [5.41, 5.74) is 1.30. The minimum atomic E-state index is -3.60. The highest BCUT2D eigenvalue weighted by Gasteiger charge is 2.21. The summed E-state index contributed by atoms with van der Waals surface area (Å²) in [5.74, 6) is 0.995. The van der Waals surface area contributed by atoms with Crippen molar-refractivity contribution in [2.45, 2.75) is 39.2 Å². The average Bonchev–Trinajstić information content (AvgIpc) is 2.71. The molecule has 0 bridgehead atoms. The highest BCUT2D eigenvalue weighted by Crippen LogP contribution is 2.31. The van der Waals surface area contributed by atoms with Crippen molar-refractivity contribution in [3.05, 3.63) is 58.1 Å². The van der Waals surface area contributed by atoms with Crippen LogP contribution in [0.25, 0.3) is 0 Å². The van der Waals surface area contributed by atoms with Crippen LogP contribution in [0.3, 0.4) is 0 Å². The van der Waals surface area contributed by atoms with Gasteiger partial charge < -0.3 is 10.1 Å². The molecule has 0 aliphatic rings. The Morgan fingerprint density at radius 2 is 1.78 bits per heavy atom. The number of benzene rings is 2. The average molecular weight is 501 g/mol. The van der Waals surface area contributed by atoms with E-state index >= 15 is 0 Å². The molecule has 0 saturated heterocycles. The summed E-state index contributed by atoms with van der Waals surface area (Å²) >= 11 is 12.2. The second-order valence-electron chi connectivity index (χ2n) is 8.06. The summed E-state index contributed by atoms with van der Waals surface area (Å²) in [6, 6.07) is 12.1. The van der Waals surface area contributed by atoms with Crippen molar-refractivity contribution in [3.8, 4) is 5.75 Å². The molecule has 0 aliphatic heterocycles. The summed E-state index contributed by atoms with van der Waals surface area (Å²) in [4.78, 5) is 12.7. The van der Waals surface area contributed by atoms with E-state index < -0.39 is 10.0 Å². The molecule has 6 nitrogen and oxygen atoms in total. The third kappa shape index (κ3) is 7.87. The number of carbonyl (C=O) groups is 1. The van der Waals surface area contributed by atoms with E-state index in [4.69, 9.17) is 27.9 Å². The van der Waals surface area contributed by atoms with Crippen LogP contribution >= 0.6 is 23.2 Å². The summed E-state index contributed by atoms with van der Waals surface area (Å²) in [5, 5.41) is 3.74. The zero-order valence-corrected chi connectivity index (χ0v) is 21.1. The summed E-state index contributed by atoms with van der Waals surface area (Å²) in [6.07, 6.45) is 2.39. The molecule has 0 heterocycles. The summed E-state index contributed by atoms with van der Waals surface area (Å²) in [7, 11) is -1.99. The van der Waals surface area contributed by atoms with Crippen molar-refractivity contribution in [1.29, 1.82) is 0 Å². The van der Waals surface area contributed by atoms with Gasteiger partial charge in [0.05, 0.1) is 30.1 Å². The van der Waals surface area contributed by atoms with Gasteiger partial charge in [0, 0.05) is 18.0 Å². The minimum absolute atomic E-state index is 0.115. The second-order valence-corrected chi connectivity index (χ2v) is 10.8. The summed E-state index contributed by atoms with van der Waals surface area (Å²) in [6.45, 7) is 4.31. The number of sulfonamides is 1. The number of nitrogens with zero attached hydrogens (tertiary/aromatic N) is 1. The molecule has 0 aliphatic carbocycles. The number of nitrogens with one attached hydrogen (secondary N) is 1. The van der Waals surface area contributed by atoms with Crippen molar-refractivity contribution in [2.75, 3.05) is 24.2 Å².